The Morgan fingerprint density at radius 1 is 1.03 bits per heavy atom. The minimum absolute atomic E-state index is 0.00907. The zero-order chi connectivity index (χ0) is 23.4. The molecular weight excluding hydrogens is 455 g/mol. The quantitative estimate of drug-likeness (QED) is 0.718. The zero-order valence-corrected chi connectivity index (χ0v) is 19.3. The summed E-state index contributed by atoms with van der Waals surface area (Å²) < 4.78 is 65.3. The fourth-order valence-corrected chi connectivity index (χ4v) is 9.05. The lowest BCUT2D eigenvalue weighted by Gasteiger charge is -2.61. The van der Waals surface area contributed by atoms with Crippen LogP contribution in [-0.2, 0) is 22.9 Å². The number of alkyl halides is 3. The number of benzene rings is 1. The summed E-state index contributed by atoms with van der Waals surface area (Å²) in [4.78, 5) is 17.3. The summed E-state index contributed by atoms with van der Waals surface area (Å²) in [6, 6.07) is 8.22. The number of fused-ring (bicyclic) bond motifs is 1. The summed E-state index contributed by atoms with van der Waals surface area (Å²) in [6.07, 6.45) is 4.48. The smallest absolute Gasteiger partial charge is 0.320 e. The molecule has 1 aliphatic heterocycles. The maximum absolute atomic E-state index is 13.5. The van der Waals surface area contributed by atoms with Crippen LogP contribution in [0.3, 0.4) is 0 Å². The van der Waals surface area contributed by atoms with Gasteiger partial charge in [-0.25, -0.2) is 17.9 Å². The van der Waals surface area contributed by atoms with E-state index in [0.29, 0.717) is 25.8 Å². The van der Waals surface area contributed by atoms with Crippen molar-refractivity contribution in [1.29, 1.82) is 0 Å². The average molecular weight is 484 g/mol. The number of halogens is 3. The Balaban J connectivity index is 1.26. The molecule has 2 atom stereocenters. The summed E-state index contributed by atoms with van der Waals surface area (Å²) >= 11 is 0. The monoisotopic (exact) mass is 483 g/mol. The molecule has 10 heteroatoms. The lowest BCUT2D eigenvalue weighted by atomic mass is 9.51. The number of likely N-dealkylation sites (N-methyl/N-ethyl adjacent to an activating group) is 1. The van der Waals surface area contributed by atoms with Crippen LogP contribution in [0, 0.1) is 17.8 Å². The highest BCUT2D eigenvalue weighted by Crippen LogP contribution is 2.58. The van der Waals surface area contributed by atoms with Gasteiger partial charge in [-0.2, -0.15) is 13.2 Å². The van der Waals surface area contributed by atoms with Crippen LogP contribution in [0.25, 0.3) is 0 Å². The lowest BCUT2D eigenvalue weighted by Crippen LogP contribution is -2.67. The Morgan fingerprint density at radius 2 is 1.61 bits per heavy atom. The highest BCUT2D eigenvalue weighted by atomic mass is 32.2. The summed E-state index contributed by atoms with van der Waals surface area (Å²) in [7, 11) is -3.54. The van der Waals surface area contributed by atoms with Gasteiger partial charge in [0.05, 0.1) is 5.54 Å². The highest BCUT2D eigenvalue weighted by molar-refractivity contribution is 7.90. The standard InChI is InChI=1S/C23H28F3N3O3S/c1-28-20(30)29(13-22(28)11-15-4-2-3-5-16(15)12-22)19-17-6-14-7-18(19)10-21(8-14,9-17)27-33(31,32)23(24,25)26/h2-5,14,17-19,27H,6-13H2,1H3. The molecule has 180 valence electrons. The number of hydrogen-bond donors (Lipinski definition) is 1. The second-order valence-corrected chi connectivity index (χ2v) is 12.8. The first-order valence-corrected chi connectivity index (χ1v) is 13.1. The second kappa shape index (κ2) is 6.65. The predicted octanol–water partition coefficient (Wildman–Crippen LogP) is 3.28. The maximum Gasteiger partial charge on any atom is 0.511 e. The molecular formula is C23H28F3N3O3S. The molecule has 1 heterocycles. The predicted molar refractivity (Wildman–Crippen MR) is 115 cm³/mol. The first kappa shape index (κ1) is 21.7. The van der Waals surface area contributed by atoms with E-state index in [2.05, 4.69) is 16.9 Å². The number of rotatable bonds is 3. The maximum atomic E-state index is 13.5. The summed E-state index contributed by atoms with van der Waals surface area (Å²) in [5, 5.41) is 0. The van der Waals surface area contributed by atoms with Gasteiger partial charge in [-0.15, -0.1) is 0 Å². The molecule has 5 aliphatic carbocycles. The van der Waals surface area contributed by atoms with Crippen molar-refractivity contribution in [3.05, 3.63) is 35.4 Å². The molecule has 7 rings (SSSR count). The van der Waals surface area contributed by atoms with E-state index in [4.69, 9.17) is 0 Å². The van der Waals surface area contributed by atoms with E-state index in [1.807, 2.05) is 29.0 Å². The molecule has 1 aromatic carbocycles. The molecule has 0 radical (unpaired) electrons. The van der Waals surface area contributed by atoms with Gasteiger partial charge in [-0.1, -0.05) is 24.3 Å². The van der Waals surface area contributed by atoms with Crippen molar-refractivity contribution in [2.75, 3.05) is 13.6 Å². The molecule has 6 nitrogen and oxygen atoms in total. The summed E-state index contributed by atoms with van der Waals surface area (Å²) in [5.41, 5.74) is -4.11. The molecule has 2 unspecified atom stereocenters. The van der Waals surface area contributed by atoms with Crippen LogP contribution < -0.4 is 4.72 Å². The van der Waals surface area contributed by atoms with E-state index in [1.54, 1.807) is 0 Å². The zero-order valence-electron chi connectivity index (χ0n) is 18.4. The third kappa shape index (κ3) is 3.08. The molecule has 5 fully saturated rings. The van der Waals surface area contributed by atoms with Crippen molar-refractivity contribution in [2.45, 2.75) is 67.6 Å². The first-order valence-electron chi connectivity index (χ1n) is 11.6. The number of nitrogens with zero attached hydrogens (tertiary/aromatic N) is 2. The molecule has 1 spiro atoms. The number of urea groups is 1. The molecule has 0 aromatic heterocycles. The average Bonchev–Trinajstić information content (AvgIpc) is 3.18. The van der Waals surface area contributed by atoms with Crippen molar-refractivity contribution in [2.24, 2.45) is 17.8 Å². The highest BCUT2D eigenvalue weighted by Gasteiger charge is 2.63. The summed E-state index contributed by atoms with van der Waals surface area (Å²) in [5.74, 6) is 0.238. The van der Waals surface area contributed by atoms with Gasteiger partial charge in [0.2, 0.25) is 0 Å². The van der Waals surface area contributed by atoms with E-state index >= 15 is 0 Å². The SMILES string of the molecule is CN1C(=O)N(C2C3CC4CC2CC(NS(=O)(=O)C(F)(F)F)(C4)C3)CC12Cc1ccccc1C2. The largest absolute Gasteiger partial charge is 0.511 e. The van der Waals surface area contributed by atoms with E-state index < -0.39 is 21.1 Å². The van der Waals surface area contributed by atoms with Gasteiger partial charge in [-0.05, 0) is 73.8 Å². The fraction of sp³-hybridized carbons (Fsp3) is 0.696. The lowest BCUT2D eigenvalue weighted by molar-refractivity contribution is -0.0733. The van der Waals surface area contributed by atoms with Crippen LogP contribution in [-0.4, -0.2) is 60.5 Å². The molecule has 6 aliphatic rings. The van der Waals surface area contributed by atoms with Crippen molar-refractivity contribution in [3.63, 3.8) is 0 Å². The van der Waals surface area contributed by atoms with Crippen molar-refractivity contribution >= 4 is 16.1 Å². The van der Waals surface area contributed by atoms with Crippen LogP contribution in [0.15, 0.2) is 24.3 Å². The molecule has 1 N–H and O–H groups in total. The van der Waals surface area contributed by atoms with E-state index in [0.717, 1.165) is 25.7 Å². The first-order chi connectivity index (χ1) is 15.4. The van der Waals surface area contributed by atoms with Gasteiger partial charge in [0.25, 0.3) is 0 Å². The number of hydrogen-bond acceptors (Lipinski definition) is 3. The van der Waals surface area contributed by atoms with Crippen LogP contribution in [0.5, 0.6) is 0 Å². The van der Waals surface area contributed by atoms with Crippen LogP contribution >= 0.6 is 0 Å². The van der Waals surface area contributed by atoms with Crippen molar-refractivity contribution in [1.82, 2.24) is 14.5 Å². The Morgan fingerprint density at radius 3 is 2.15 bits per heavy atom. The van der Waals surface area contributed by atoms with Gasteiger partial charge < -0.3 is 9.80 Å². The van der Waals surface area contributed by atoms with Gasteiger partial charge in [0.1, 0.15) is 0 Å². The number of sulfonamides is 1. The van der Waals surface area contributed by atoms with Crippen LogP contribution in [0.1, 0.15) is 43.2 Å². The van der Waals surface area contributed by atoms with Crippen molar-refractivity contribution in [3.8, 4) is 0 Å². The second-order valence-electron chi connectivity index (χ2n) is 11.1. The molecule has 2 amide bonds. The number of nitrogens with one attached hydrogen (secondary N) is 1. The summed E-state index contributed by atoms with van der Waals surface area (Å²) in [6.45, 7) is 0.612. The van der Waals surface area contributed by atoms with Gasteiger partial charge in [0, 0.05) is 25.2 Å². The minimum atomic E-state index is -5.40. The van der Waals surface area contributed by atoms with E-state index in [9.17, 15) is 26.4 Å². The Kier molecular flexibility index (Phi) is 4.37. The third-order valence-electron chi connectivity index (χ3n) is 9.11. The number of carbonyl (C=O) groups excluding carboxylic acids is 1. The molecule has 4 saturated carbocycles. The van der Waals surface area contributed by atoms with Crippen LogP contribution in [0.2, 0.25) is 0 Å². The molecule has 33 heavy (non-hydrogen) atoms. The molecule has 1 saturated heterocycles. The van der Waals surface area contributed by atoms with E-state index in [-0.39, 0.29) is 35.4 Å². The van der Waals surface area contributed by atoms with Crippen molar-refractivity contribution < 1.29 is 26.4 Å². The minimum Gasteiger partial charge on any atom is -0.320 e. The Labute approximate surface area is 191 Å². The van der Waals surface area contributed by atoms with Gasteiger partial charge in [0.15, 0.2) is 0 Å². The Bertz CT molecular complexity index is 1080. The van der Waals surface area contributed by atoms with Gasteiger partial charge >= 0.3 is 21.6 Å². The normalized spacial score (nSPS) is 36.8. The number of amides is 2. The fourth-order valence-electron chi connectivity index (χ4n) is 8.12. The number of carbonyl (C=O) groups is 1. The third-order valence-corrected chi connectivity index (χ3v) is 10.4. The van der Waals surface area contributed by atoms with Crippen LogP contribution in [0.4, 0.5) is 18.0 Å². The topological polar surface area (TPSA) is 69.7 Å². The Hall–Kier alpha value is -1.81. The van der Waals surface area contributed by atoms with E-state index in [1.165, 1.54) is 11.1 Å². The molecule has 4 bridgehead atoms. The molecule has 1 aromatic rings. The van der Waals surface area contributed by atoms with Gasteiger partial charge in [-0.3, -0.25) is 0 Å².